The van der Waals surface area contributed by atoms with Crippen LogP contribution in [0.2, 0.25) is 0 Å². The van der Waals surface area contributed by atoms with E-state index >= 15 is 0 Å². The van der Waals surface area contributed by atoms with Crippen molar-refractivity contribution < 1.29 is 9.53 Å². The number of amides is 1. The van der Waals surface area contributed by atoms with Gasteiger partial charge >= 0.3 is 0 Å². The third kappa shape index (κ3) is 4.06. The van der Waals surface area contributed by atoms with Gasteiger partial charge in [0.1, 0.15) is 5.75 Å². The number of hydrogen-bond donors (Lipinski definition) is 1. The van der Waals surface area contributed by atoms with E-state index in [4.69, 9.17) is 4.74 Å². The van der Waals surface area contributed by atoms with Crippen molar-refractivity contribution >= 4 is 29.0 Å². The second-order valence-corrected chi connectivity index (χ2v) is 8.24. The fraction of sp³-hybridized carbons (Fsp3) is 0.381. The van der Waals surface area contributed by atoms with Crippen LogP contribution < -0.4 is 15.0 Å². The van der Waals surface area contributed by atoms with Crippen LogP contribution in [0.5, 0.6) is 5.75 Å². The number of fused-ring (bicyclic) bond motifs is 1. The Labute approximate surface area is 164 Å². The first-order valence-electron chi connectivity index (χ1n) is 9.34. The van der Waals surface area contributed by atoms with Crippen molar-refractivity contribution in [3.63, 3.8) is 0 Å². The molecule has 0 aliphatic carbocycles. The van der Waals surface area contributed by atoms with Gasteiger partial charge in [-0.2, -0.15) is 0 Å². The molecule has 0 bridgehead atoms. The van der Waals surface area contributed by atoms with E-state index in [9.17, 15) is 4.79 Å². The van der Waals surface area contributed by atoms with Gasteiger partial charge in [0.05, 0.1) is 12.8 Å². The van der Waals surface area contributed by atoms with Gasteiger partial charge in [-0.3, -0.25) is 4.79 Å². The Kier molecular flexibility index (Phi) is 5.27. The number of carbonyl (C=O) groups is 1. The molecular weight excluding hydrogens is 358 g/mol. The summed E-state index contributed by atoms with van der Waals surface area (Å²) in [6.45, 7) is 4.18. The van der Waals surface area contributed by atoms with Gasteiger partial charge in [0, 0.05) is 48.1 Å². The first-order valence-corrected chi connectivity index (χ1v) is 10.2. The number of likely N-dealkylation sites (N-methyl/N-ethyl adjacent to an activating group) is 1. The molecule has 0 unspecified atom stereocenters. The number of piperazine rings is 1. The fourth-order valence-electron chi connectivity index (χ4n) is 3.58. The lowest BCUT2D eigenvalue weighted by molar-refractivity contribution is -0.116. The third-order valence-electron chi connectivity index (χ3n) is 5.21. The Morgan fingerprint density at radius 1 is 1.00 bits per heavy atom. The lowest BCUT2D eigenvalue weighted by Gasteiger charge is -2.34. The van der Waals surface area contributed by atoms with E-state index in [0.717, 1.165) is 59.5 Å². The first kappa shape index (κ1) is 18.2. The van der Waals surface area contributed by atoms with Crippen molar-refractivity contribution in [2.75, 3.05) is 50.6 Å². The Bertz CT molecular complexity index is 847. The van der Waals surface area contributed by atoms with E-state index in [-0.39, 0.29) is 5.91 Å². The standard InChI is InChI=1S/C21H25N3O2S/c1-23-9-11-24(12-10-23)19-7-6-17(14-20(19)26-2)27-16-5-3-15-4-8-21(25)22-18(15)13-16/h3,5-7,13-14H,4,8-12H2,1-2H3,(H,22,25). The number of nitrogens with one attached hydrogen (secondary N) is 1. The monoisotopic (exact) mass is 383 g/mol. The lowest BCUT2D eigenvalue weighted by atomic mass is 10.0. The number of benzene rings is 2. The molecule has 0 radical (unpaired) electrons. The maximum atomic E-state index is 11.6. The van der Waals surface area contributed by atoms with Crippen LogP contribution in [-0.2, 0) is 11.2 Å². The molecule has 1 N–H and O–H groups in total. The molecule has 2 heterocycles. The van der Waals surface area contributed by atoms with Gasteiger partial charge in [-0.1, -0.05) is 17.8 Å². The van der Waals surface area contributed by atoms with Crippen molar-refractivity contribution in [2.45, 2.75) is 22.6 Å². The van der Waals surface area contributed by atoms with E-state index in [1.807, 2.05) is 0 Å². The maximum Gasteiger partial charge on any atom is 0.224 e. The lowest BCUT2D eigenvalue weighted by Crippen LogP contribution is -2.44. The van der Waals surface area contributed by atoms with E-state index < -0.39 is 0 Å². The molecule has 0 atom stereocenters. The minimum Gasteiger partial charge on any atom is -0.495 e. The highest BCUT2D eigenvalue weighted by atomic mass is 32.2. The second kappa shape index (κ2) is 7.82. The number of rotatable bonds is 4. The zero-order valence-corrected chi connectivity index (χ0v) is 16.6. The van der Waals surface area contributed by atoms with Crippen molar-refractivity contribution in [3.8, 4) is 5.75 Å². The molecule has 142 valence electrons. The van der Waals surface area contributed by atoms with Crippen LogP contribution in [0.3, 0.4) is 0 Å². The molecule has 5 nitrogen and oxygen atoms in total. The van der Waals surface area contributed by atoms with Crippen LogP contribution in [0.1, 0.15) is 12.0 Å². The number of hydrogen-bond acceptors (Lipinski definition) is 5. The largest absolute Gasteiger partial charge is 0.495 e. The summed E-state index contributed by atoms with van der Waals surface area (Å²) in [4.78, 5) is 18.6. The van der Waals surface area contributed by atoms with Gasteiger partial charge in [-0.25, -0.2) is 0 Å². The normalized spacial score (nSPS) is 17.4. The molecule has 4 rings (SSSR count). The molecule has 0 spiro atoms. The summed E-state index contributed by atoms with van der Waals surface area (Å²) in [7, 11) is 3.90. The quantitative estimate of drug-likeness (QED) is 0.876. The van der Waals surface area contributed by atoms with Gasteiger partial charge in [0.15, 0.2) is 0 Å². The van der Waals surface area contributed by atoms with Gasteiger partial charge in [0.25, 0.3) is 0 Å². The highest BCUT2D eigenvalue weighted by Gasteiger charge is 2.19. The molecule has 2 aromatic rings. The first-order chi connectivity index (χ1) is 13.1. The van der Waals surface area contributed by atoms with Crippen LogP contribution in [0, 0.1) is 0 Å². The molecule has 0 aromatic heterocycles. The minimum atomic E-state index is 0.0999. The molecule has 0 saturated carbocycles. The average Bonchev–Trinajstić information content (AvgIpc) is 2.68. The van der Waals surface area contributed by atoms with Gasteiger partial charge in [-0.05, 0) is 49.4 Å². The van der Waals surface area contributed by atoms with Crippen LogP contribution in [0.25, 0.3) is 0 Å². The van der Waals surface area contributed by atoms with Crippen molar-refractivity contribution in [3.05, 3.63) is 42.0 Å². The number of ether oxygens (including phenoxy) is 1. The van der Waals surface area contributed by atoms with Crippen LogP contribution >= 0.6 is 11.8 Å². The fourth-order valence-corrected chi connectivity index (χ4v) is 4.47. The summed E-state index contributed by atoms with van der Waals surface area (Å²) < 4.78 is 5.68. The molecule has 1 amide bonds. The average molecular weight is 384 g/mol. The Hall–Kier alpha value is -2.18. The predicted molar refractivity (Wildman–Crippen MR) is 110 cm³/mol. The third-order valence-corrected chi connectivity index (χ3v) is 6.19. The highest BCUT2D eigenvalue weighted by Crippen LogP contribution is 2.37. The van der Waals surface area contributed by atoms with Crippen LogP contribution in [0.4, 0.5) is 11.4 Å². The Morgan fingerprint density at radius 2 is 1.74 bits per heavy atom. The van der Waals surface area contributed by atoms with Gasteiger partial charge < -0.3 is 19.9 Å². The van der Waals surface area contributed by atoms with Crippen LogP contribution in [-0.4, -0.2) is 51.1 Å². The molecule has 2 aliphatic rings. The van der Waals surface area contributed by atoms with E-state index in [1.165, 1.54) is 5.56 Å². The molecule has 1 saturated heterocycles. The molecule has 27 heavy (non-hydrogen) atoms. The smallest absolute Gasteiger partial charge is 0.224 e. The van der Waals surface area contributed by atoms with E-state index in [0.29, 0.717) is 6.42 Å². The van der Waals surface area contributed by atoms with Crippen molar-refractivity contribution in [1.29, 1.82) is 0 Å². The predicted octanol–water partition coefficient (Wildman–Crippen LogP) is 3.48. The highest BCUT2D eigenvalue weighted by molar-refractivity contribution is 7.99. The molecule has 6 heteroatoms. The number of nitrogens with zero attached hydrogens (tertiary/aromatic N) is 2. The van der Waals surface area contributed by atoms with Crippen molar-refractivity contribution in [1.82, 2.24) is 4.90 Å². The summed E-state index contributed by atoms with van der Waals surface area (Å²) >= 11 is 1.69. The second-order valence-electron chi connectivity index (χ2n) is 7.09. The maximum absolute atomic E-state index is 11.6. The molecule has 2 aliphatic heterocycles. The minimum absolute atomic E-state index is 0.0999. The Morgan fingerprint density at radius 3 is 2.52 bits per heavy atom. The molecular formula is C21H25N3O2S. The summed E-state index contributed by atoms with van der Waals surface area (Å²) in [5.74, 6) is 1.01. The summed E-state index contributed by atoms with van der Waals surface area (Å²) in [6, 6.07) is 12.7. The van der Waals surface area contributed by atoms with Gasteiger partial charge in [0.2, 0.25) is 5.91 Å². The number of aryl methyl sites for hydroxylation is 1. The SMILES string of the molecule is COc1cc(Sc2ccc3c(c2)NC(=O)CC3)ccc1N1CCN(C)CC1. The van der Waals surface area contributed by atoms with Crippen LogP contribution in [0.15, 0.2) is 46.2 Å². The molecule has 2 aromatic carbocycles. The zero-order valence-electron chi connectivity index (χ0n) is 15.8. The molecule has 1 fully saturated rings. The zero-order chi connectivity index (χ0) is 18.8. The van der Waals surface area contributed by atoms with Crippen molar-refractivity contribution in [2.24, 2.45) is 0 Å². The number of anilines is 2. The topological polar surface area (TPSA) is 44.8 Å². The summed E-state index contributed by atoms with van der Waals surface area (Å²) in [5.41, 5.74) is 3.31. The Balaban J connectivity index is 1.53. The van der Waals surface area contributed by atoms with Gasteiger partial charge in [-0.15, -0.1) is 0 Å². The van der Waals surface area contributed by atoms with E-state index in [1.54, 1.807) is 18.9 Å². The van der Waals surface area contributed by atoms with E-state index in [2.05, 4.69) is 58.6 Å². The number of methoxy groups -OCH3 is 1. The number of carbonyl (C=O) groups excluding carboxylic acids is 1. The summed E-state index contributed by atoms with van der Waals surface area (Å²) in [6.07, 6.45) is 1.39. The summed E-state index contributed by atoms with van der Waals surface area (Å²) in [5, 5.41) is 2.98.